The zero-order valence-corrected chi connectivity index (χ0v) is 30.5. The molecule has 1 aromatic rings. The number of ether oxygens (including phenoxy) is 1. The van der Waals surface area contributed by atoms with Crippen LogP contribution in [-0.2, 0) is 38.3 Å². The van der Waals surface area contributed by atoms with E-state index in [2.05, 4.69) is 21.1 Å². The highest BCUT2D eigenvalue weighted by Crippen LogP contribution is 2.40. The summed E-state index contributed by atoms with van der Waals surface area (Å²) in [7, 11) is 1.28. The van der Waals surface area contributed by atoms with Gasteiger partial charge in [-0.15, -0.1) is 0 Å². The van der Waals surface area contributed by atoms with Gasteiger partial charge in [-0.1, -0.05) is 81.3 Å². The SMILES string of the molecule is CCC[C@H](NC(=O)[C@@H]1C[C@]2(CC(c3cccc(C)c3)=NO2)CN1C(=O)[C@@H](NC(=O)C1CC=CCC1C(=O)OC)C(C)(C)C)C(=O)C(=O)NC1CC1. The van der Waals surface area contributed by atoms with Crippen LogP contribution < -0.4 is 16.0 Å². The second-order valence-electron chi connectivity index (χ2n) is 15.5. The fourth-order valence-electron chi connectivity index (χ4n) is 7.16. The van der Waals surface area contributed by atoms with E-state index >= 15 is 0 Å². The van der Waals surface area contributed by atoms with Crippen LogP contribution in [0.4, 0.5) is 0 Å². The predicted molar refractivity (Wildman–Crippen MR) is 188 cm³/mol. The average molecular weight is 706 g/mol. The highest BCUT2D eigenvalue weighted by molar-refractivity contribution is 6.38. The van der Waals surface area contributed by atoms with Crippen LogP contribution >= 0.6 is 0 Å². The van der Waals surface area contributed by atoms with Crippen LogP contribution in [0.5, 0.6) is 0 Å². The van der Waals surface area contributed by atoms with Crippen molar-refractivity contribution in [2.75, 3.05) is 13.7 Å². The third-order valence-corrected chi connectivity index (χ3v) is 10.2. The molecule has 13 nitrogen and oxygen atoms in total. The number of amides is 4. The number of carbonyl (C=O) groups excluding carboxylic acids is 6. The van der Waals surface area contributed by atoms with Gasteiger partial charge in [0.2, 0.25) is 23.5 Å². The molecule has 6 atom stereocenters. The Kier molecular flexibility index (Phi) is 11.4. The Labute approximate surface area is 299 Å². The summed E-state index contributed by atoms with van der Waals surface area (Å²) >= 11 is 0. The number of ketones is 1. The molecule has 3 N–H and O–H groups in total. The smallest absolute Gasteiger partial charge is 0.309 e. The summed E-state index contributed by atoms with van der Waals surface area (Å²) in [6, 6.07) is 4.53. The Bertz CT molecular complexity index is 1610. The van der Waals surface area contributed by atoms with Crippen molar-refractivity contribution < 1.29 is 38.3 Å². The Morgan fingerprint density at radius 1 is 1.04 bits per heavy atom. The number of oxime groups is 1. The van der Waals surface area contributed by atoms with Gasteiger partial charge in [-0.05, 0) is 50.0 Å². The largest absolute Gasteiger partial charge is 0.469 e. The first-order valence-corrected chi connectivity index (χ1v) is 18.0. The number of nitrogens with zero attached hydrogens (tertiary/aromatic N) is 2. The molecule has 2 heterocycles. The minimum Gasteiger partial charge on any atom is -0.469 e. The van der Waals surface area contributed by atoms with Gasteiger partial charge in [0, 0.05) is 18.9 Å². The summed E-state index contributed by atoms with van der Waals surface area (Å²) in [4.78, 5) is 88.7. The van der Waals surface area contributed by atoms with E-state index in [0.717, 1.165) is 24.0 Å². The third-order valence-electron chi connectivity index (χ3n) is 10.2. The van der Waals surface area contributed by atoms with Crippen LogP contribution in [0, 0.1) is 24.2 Å². The molecule has 4 amide bonds. The van der Waals surface area contributed by atoms with Crippen LogP contribution in [0.3, 0.4) is 0 Å². The van der Waals surface area contributed by atoms with Crippen LogP contribution in [0.1, 0.15) is 90.2 Å². The number of aryl methyl sites for hydroxylation is 1. The summed E-state index contributed by atoms with van der Waals surface area (Å²) < 4.78 is 4.97. The van der Waals surface area contributed by atoms with Gasteiger partial charge in [-0.2, -0.15) is 0 Å². The molecule has 276 valence electrons. The molecule has 2 aliphatic carbocycles. The van der Waals surface area contributed by atoms with Gasteiger partial charge in [-0.25, -0.2) is 0 Å². The molecular weight excluding hydrogens is 654 g/mol. The monoisotopic (exact) mass is 705 g/mol. The number of allylic oxidation sites excluding steroid dienone is 2. The quantitative estimate of drug-likeness (QED) is 0.169. The van der Waals surface area contributed by atoms with Crippen molar-refractivity contribution in [2.24, 2.45) is 22.4 Å². The third kappa shape index (κ3) is 8.68. The molecule has 1 spiro atoms. The molecule has 51 heavy (non-hydrogen) atoms. The normalized spacial score (nSPS) is 25.3. The number of likely N-dealkylation sites (tertiary alicyclic amines) is 1. The standard InChI is InChI=1S/C38H51N5O8/c1-7-11-27(30(44)34(47)39-24-16-17-24)40-33(46)29-20-38(19-28(42-51-38)23-13-10-12-22(2)18-23)21-43(29)35(48)31(37(3,4)5)41-32(45)25-14-8-9-15-26(25)36(49)50-6/h8-10,12-13,18,24-27,29,31H,7,11,14-17,19-21H2,1-6H3,(H,39,47)(H,40,46)(H,41,45)/t25?,26?,27-,29-,31+,38+/m0/s1. The number of benzene rings is 1. The summed E-state index contributed by atoms with van der Waals surface area (Å²) in [6.45, 7) is 9.27. The first kappa shape index (κ1) is 37.7. The van der Waals surface area contributed by atoms with E-state index in [9.17, 15) is 28.8 Å². The summed E-state index contributed by atoms with van der Waals surface area (Å²) in [5, 5.41) is 12.8. The van der Waals surface area contributed by atoms with Gasteiger partial charge in [-0.3, -0.25) is 28.8 Å². The first-order valence-electron chi connectivity index (χ1n) is 18.0. The van der Waals surface area contributed by atoms with E-state index in [-0.39, 0.29) is 25.4 Å². The Balaban J connectivity index is 1.42. The van der Waals surface area contributed by atoms with Crippen molar-refractivity contribution in [3.05, 3.63) is 47.5 Å². The Morgan fingerprint density at radius 2 is 1.75 bits per heavy atom. The van der Waals surface area contributed by atoms with Crippen molar-refractivity contribution in [3.8, 4) is 0 Å². The topological polar surface area (TPSA) is 173 Å². The number of methoxy groups -OCH3 is 1. The second kappa shape index (κ2) is 15.4. The number of hydrogen-bond donors (Lipinski definition) is 3. The van der Waals surface area contributed by atoms with Crippen molar-refractivity contribution >= 4 is 41.1 Å². The number of hydrogen-bond acceptors (Lipinski definition) is 9. The number of Topliss-reactive ketones (excluding diaryl/α,β-unsaturated/α-hetero) is 1. The van der Waals surface area contributed by atoms with Crippen LogP contribution in [0.25, 0.3) is 0 Å². The molecule has 2 fully saturated rings. The van der Waals surface area contributed by atoms with Crippen molar-refractivity contribution in [2.45, 2.75) is 116 Å². The molecule has 2 unspecified atom stereocenters. The molecule has 4 aliphatic rings. The summed E-state index contributed by atoms with van der Waals surface area (Å²) in [5.74, 6) is -4.97. The molecule has 2 aliphatic heterocycles. The lowest BCUT2D eigenvalue weighted by molar-refractivity contribution is -0.151. The second-order valence-corrected chi connectivity index (χ2v) is 15.5. The summed E-state index contributed by atoms with van der Waals surface area (Å²) in [6.07, 6.45) is 7.12. The average Bonchev–Trinajstić information content (AvgIpc) is 3.69. The van der Waals surface area contributed by atoms with Crippen molar-refractivity contribution in [3.63, 3.8) is 0 Å². The molecule has 1 saturated carbocycles. The number of esters is 1. The molecule has 1 aromatic carbocycles. The van der Waals surface area contributed by atoms with Crippen LogP contribution in [0.2, 0.25) is 0 Å². The molecule has 0 radical (unpaired) electrons. The van der Waals surface area contributed by atoms with Gasteiger partial charge in [0.1, 0.15) is 12.1 Å². The van der Waals surface area contributed by atoms with Crippen molar-refractivity contribution in [1.82, 2.24) is 20.9 Å². The van der Waals surface area contributed by atoms with E-state index in [4.69, 9.17) is 9.57 Å². The van der Waals surface area contributed by atoms with E-state index in [1.165, 1.54) is 12.0 Å². The lowest BCUT2D eigenvalue weighted by Crippen LogP contribution is -2.60. The maximum Gasteiger partial charge on any atom is 0.309 e. The molecule has 0 bridgehead atoms. The zero-order valence-electron chi connectivity index (χ0n) is 30.5. The maximum absolute atomic E-state index is 14.7. The first-order chi connectivity index (χ1) is 24.2. The van der Waals surface area contributed by atoms with Gasteiger partial charge >= 0.3 is 5.97 Å². The molecular formula is C38H51N5O8. The fourth-order valence-corrected chi connectivity index (χ4v) is 7.16. The van der Waals surface area contributed by atoms with E-state index in [0.29, 0.717) is 31.4 Å². The molecule has 13 heteroatoms. The Hall–Kier alpha value is -4.55. The molecule has 5 rings (SSSR count). The maximum atomic E-state index is 14.7. The van der Waals surface area contributed by atoms with E-state index in [1.54, 1.807) is 0 Å². The highest BCUT2D eigenvalue weighted by atomic mass is 16.7. The zero-order chi connectivity index (χ0) is 37.1. The van der Waals surface area contributed by atoms with Crippen LogP contribution in [0.15, 0.2) is 41.6 Å². The minimum atomic E-state index is -1.09. The van der Waals surface area contributed by atoms with Gasteiger partial charge in [0.05, 0.1) is 37.2 Å². The molecule has 1 saturated heterocycles. The highest BCUT2D eigenvalue weighted by Gasteiger charge is 2.56. The van der Waals surface area contributed by atoms with E-state index in [1.807, 2.05) is 71.0 Å². The van der Waals surface area contributed by atoms with Gasteiger partial charge in [0.15, 0.2) is 5.60 Å². The number of nitrogens with one attached hydrogen (secondary N) is 3. The lowest BCUT2D eigenvalue weighted by atomic mass is 9.80. The van der Waals surface area contributed by atoms with E-state index < -0.39 is 76.4 Å². The van der Waals surface area contributed by atoms with Gasteiger partial charge < -0.3 is 30.4 Å². The Morgan fingerprint density at radius 3 is 2.37 bits per heavy atom. The minimum absolute atomic E-state index is 0.00328. The number of carbonyl (C=O) groups is 6. The number of rotatable bonds is 12. The predicted octanol–water partition coefficient (Wildman–Crippen LogP) is 2.88. The molecule has 0 aromatic heterocycles. The fraction of sp³-hybridized carbons (Fsp3) is 0.605. The van der Waals surface area contributed by atoms with Gasteiger partial charge in [0.25, 0.3) is 5.91 Å². The van der Waals surface area contributed by atoms with Crippen molar-refractivity contribution in [1.29, 1.82) is 0 Å². The van der Waals surface area contributed by atoms with Crippen LogP contribution in [-0.4, -0.2) is 89.4 Å². The lowest BCUT2D eigenvalue weighted by Gasteiger charge is -2.37. The summed E-state index contributed by atoms with van der Waals surface area (Å²) in [5.41, 5.74) is 0.745.